The zero-order valence-electron chi connectivity index (χ0n) is 5.85. The van der Waals surface area contributed by atoms with Gasteiger partial charge in [0.05, 0.1) is 6.54 Å². The van der Waals surface area contributed by atoms with Crippen molar-refractivity contribution in [1.82, 2.24) is 0 Å². The quantitative estimate of drug-likeness (QED) is 0.443. The molecule has 0 aliphatic heterocycles. The molecule has 0 bridgehead atoms. The van der Waals surface area contributed by atoms with E-state index in [0.29, 0.717) is 6.54 Å². The summed E-state index contributed by atoms with van der Waals surface area (Å²) in [6.07, 6.45) is 2.18. The van der Waals surface area contributed by atoms with Crippen LogP contribution in [0.15, 0.2) is 4.99 Å². The van der Waals surface area contributed by atoms with E-state index >= 15 is 0 Å². The van der Waals surface area contributed by atoms with Crippen LogP contribution in [-0.4, -0.2) is 18.2 Å². The van der Waals surface area contributed by atoms with Gasteiger partial charge in [-0.1, -0.05) is 0 Å². The van der Waals surface area contributed by atoms with Crippen molar-refractivity contribution >= 4 is 6.08 Å². The van der Waals surface area contributed by atoms with Crippen LogP contribution < -0.4 is 5.73 Å². The fourth-order valence-corrected chi connectivity index (χ4v) is 0.390. The number of carbonyl (C=O) groups excluding carboxylic acids is 1. The zero-order chi connectivity index (χ0) is 7.33. The third kappa shape index (κ3) is 7.34. The van der Waals surface area contributed by atoms with E-state index in [9.17, 15) is 4.79 Å². The van der Waals surface area contributed by atoms with Crippen LogP contribution >= 0.6 is 0 Å². The first-order valence-corrected chi connectivity index (χ1v) is 2.89. The minimum atomic E-state index is -0.222. The third-order valence-corrected chi connectivity index (χ3v) is 0.932. The summed E-state index contributed by atoms with van der Waals surface area (Å²) >= 11 is 0. The molecule has 0 aliphatic rings. The maximum atomic E-state index is 9.56. The number of hydrogen-bond acceptors (Lipinski definition) is 3. The first-order chi connectivity index (χ1) is 4.06. The van der Waals surface area contributed by atoms with Crippen molar-refractivity contribution in [3.8, 4) is 0 Å². The molecule has 3 heteroatoms. The van der Waals surface area contributed by atoms with Crippen LogP contribution in [0.3, 0.4) is 0 Å². The molecule has 0 atom stereocenters. The summed E-state index contributed by atoms with van der Waals surface area (Å²) in [6.45, 7) is 4.27. The SMILES string of the molecule is CC(C)(N)CCN=C=O. The van der Waals surface area contributed by atoms with Gasteiger partial charge in [-0.05, 0) is 20.3 Å². The van der Waals surface area contributed by atoms with Crippen molar-refractivity contribution in [2.45, 2.75) is 25.8 Å². The van der Waals surface area contributed by atoms with Crippen LogP contribution in [0.25, 0.3) is 0 Å². The molecule has 3 nitrogen and oxygen atoms in total. The Kier molecular flexibility index (Phi) is 3.13. The van der Waals surface area contributed by atoms with Crippen molar-refractivity contribution in [2.24, 2.45) is 10.7 Å². The van der Waals surface area contributed by atoms with E-state index in [2.05, 4.69) is 4.99 Å². The Morgan fingerprint density at radius 2 is 2.22 bits per heavy atom. The van der Waals surface area contributed by atoms with Gasteiger partial charge in [-0.15, -0.1) is 0 Å². The first kappa shape index (κ1) is 8.34. The standard InChI is InChI=1S/C6H12N2O/c1-6(2,7)3-4-8-5-9/h3-4,7H2,1-2H3. The highest BCUT2D eigenvalue weighted by molar-refractivity contribution is 5.32. The minimum Gasteiger partial charge on any atom is -0.325 e. The lowest BCUT2D eigenvalue weighted by Gasteiger charge is -2.15. The third-order valence-electron chi connectivity index (χ3n) is 0.932. The van der Waals surface area contributed by atoms with Crippen LogP contribution in [0.4, 0.5) is 0 Å². The van der Waals surface area contributed by atoms with Crippen molar-refractivity contribution in [3.63, 3.8) is 0 Å². The molecule has 0 radical (unpaired) electrons. The lowest BCUT2D eigenvalue weighted by Crippen LogP contribution is -2.32. The van der Waals surface area contributed by atoms with Crippen molar-refractivity contribution < 1.29 is 4.79 Å². The van der Waals surface area contributed by atoms with E-state index in [1.54, 1.807) is 0 Å². The molecule has 0 fully saturated rings. The summed E-state index contributed by atoms with van der Waals surface area (Å²) in [7, 11) is 0. The monoisotopic (exact) mass is 128 g/mol. The summed E-state index contributed by atoms with van der Waals surface area (Å²) in [4.78, 5) is 12.9. The molecule has 0 aromatic heterocycles. The highest BCUT2D eigenvalue weighted by atomic mass is 16.1. The molecule has 0 heterocycles. The smallest absolute Gasteiger partial charge is 0.234 e. The average Bonchev–Trinajstić information content (AvgIpc) is 1.63. The second kappa shape index (κ2) is 3.38. The number of hydrogen-bond donors (Lipinski definition) is 1. The minimum absolute atomic E-state index is 0.222. The molecular formula is C6H12N2O. The van der Waals surface area contributed by atoms with Crippen LogP contribution in [0.5, 0.6) is 0 Å². The summed E-state index contributed by atoms with van der Waals surface area (Å²) < 4.78 is 0. The molecule has 52 valence electrons. The Bertz CT molecular complexity index is 120. The Morgan fingerprint density at radius 3 is 2.56 bits per heavy atom. The van der Waals surface area contributed by atoms with Crippen LogP contribution in [0, 0.1) is 0 Å². The van der Waals surface area contributed by atoms with Gasteiger partial charge in [0.1, 0.15) is 0 Å². The lowest BCUT2D eigenvalue weighted by molar-refractivity contribution is 0.483. The van der Waals surface area contributed by atoms with Crippen LogP contribution in [0.1, 0.15) is 20.3 Å². The highest BCUT2D eigenvalue weighted by Gasteiger charge is 2.08. The normalized spacial score (nSPS) is 10.6. The summed E-state index contributed by atoms with van der Waals surface area (Å²) in [5, 5.41) is 0. The molecule has 0 saturated carbocycles. The van der Waals surface area contributed by atoms with E-state index in [1.165, 1.54) is 6.08 Å². The van der Waals surface area contributed by atoms with E-state index < -0.39 is 0 Å². The molecule has 0 aliphatic carbocycles. The number of isocyanates is 1. The van der Waals surface area contributed by atoms with E-state index in [-0.39, 0.29) is 5.54 Å². The topological polar surface area (TPSA) is 55.4 Å². The first-order valence-electron chi connectivity index (χ1n) is 2.89. The van der Waals surface area contributed by atoms with E-state index in [0.717, 1.165) is 6.42 Å². The van der Waals surface area contributed by atoms with Gasteiger partial charge in [0.15, 0.2) is 0 Å². The average molecular weight is 128 g/mol. The molecule has 9 heavy (non-hydrogen) atoms. The van der Waals surface area contributed by atoms with E-state index in [1.807, 2.05) is 13.8 Å². The Labute approximate surface area is 55.0 Å². The zero-order valence-corrected chi connectivity index (χ0v) is 5.85. The van der Waals surface area contributed by atoms with Gasteiger partial charge in [0.2, 0.25) is 6.08 Å². The van der Waals surface area contributed by atoms with Gasteiger partial charge in [-0.25, -0.2) is 9.79 Å². The molecule has 0 amide bonds. The molecule has 2 N–H and O–H groups in total. The summed E-state index contributed by atoms with van der Waals surface area (Å²) in [5.74, 6) is 0. The van der Waals surface area contributed by atoms with Crippen molar-refractivity contribution in [2.75, 3.05) is 6.54 Å². The van der Waals surface area contributed by atoms with Gasteiger partial charge < -0.3 is 5.73 Å². The summed E-state index contributed by atoms with van der Waals surface area (Å²) in [6, 6.07) is 0. The van der Waals surface area contributed by atoms with Gasteiger partial charge >= 0.3 is 0 Å². The molecule has 0 rings (SSSR count). The molecule has 0 spiro atoms. The Morgan fingerprint density at radius 1 is 1.67 bits per heavy atom. The maximum absolute atomic E-state index is 9.56. The van der Waals surface area contributed by atoms with Gasteiger partial charge in [0.25, 0.3) is 0 Å². The maximum Gasteiger partial charge on any atom is 0.234 e. The fraction of sp³-hybridized carbons (Fsp3) is 0.833. The fourth-order valence-electron chi connectivity index (χ4n) is 0.390. The predicted octanol–water partition coefficient (Wildman–Crippen LogP) is 0.450. The number of nitrogens with two attached hydrogens (primary N) is 1. The van der Waals surface area contributed by atoms with Gasteiger partial charge in [-0.2, -0.15) is 0 Å². The second-order valence-electron chi connectivity index (χ2n) is 2.71. The van der Waals surface area contributed by atoms with Crippen molar-refractivity contribution in [3.05, 3.63) is 0 Å². The Hall–Kier alpha value is -0.660. The largest absolute Gasteiger partial charge is 0.325 e. The van der Waals surface area contributed by atoms with Gasteiger partial charge in [-0.3, -0.25) is 0 Å². The molecule has 0 aromatic carbocycles. The van der Waals surface area contributed by atoms with Crippen LogP contribution in [0.2, 0.25) is 0 Å². The Balaban J connectivity index is 3.39. The lowest BCUT2D eigenvalue weighted by atomic mass is 10.0. The highest BCUT2D eigenvalue weighted by Crippen LogP contribution is 2.01. The van der Waals surface area contributed by atoms with Crippen molar-refractivity contribution in [1.29, 1.82) is 0 Å². The number of nitrogens with zero attached hydrogens (tertiary/aromatic N) is 1. The number of aliphatic imine (C=N–C) groups is 1. The van der Waals surface area contributed by atoms with E-state index in [4.69, 9.17) is 5.73 Å². The van der Waals surface area contributed by atoms with Crippen LogP contribution in [-0.2, 0) is 4.79 Å². The number of rotatable bonds is 3. The molecular weight excluding hydrogens is 116 g/mol. The molecule has 0 saturated heterocycles. The predicted molar refractivity (Wildman–Crippen MR) is 35.9 cm³/mol. The molecule has 0 unspecified atom stereocenters. The summed E-state index contributed by atoms with van der Waals surface area (Å²) in [5.41, 5.74) is 5.36. The second-order valence-corrected chi connectivity index (χ2v) is 2.71. The molecule has 0 aromatic rings. The van der Waals surface area contributed by atoms with Gasteiger partial charge in [0, 0.05) is 5.54 Å².